The first-order chi connectivity index (χ1) is 23.3. The van der Waals surface area contributed by atoms with Crippen LogP contribution in [-0.4, -0.2) is 82.5 Å². The number of nitrogens with two attached hydrogens (primary N) is 1. The zero-order valence-corrected chi connectivity index (χ0v) is 27.9. The molecule has 0 aliphatic carbocycles. The van der Waals surface area contributed by atoms with E-state index in [2.05, 4.69) is 26.6 Å². The number of nitrogens with one attached hydrogen (secondary N) is 5. The maximum atomic E-state index is 13.8. The van der Waals surface area contributed by atoms with Gasteiger partial charge in [0.1, 0.15) is 29.9 Å². The van der Waals surface area contributed by atoms with E-state index in [0.717, 1.165) is 5.56 Å². The standard InChI is InChI=1S/C35H48N6O8/c1-21(2)18-28-34(48)39-27(15-16-30(43)44)32(46)37-17-7-6-10-26(38-31(45)25(36)19-23-11-13-24(42)14-12-23)33(47)41-29(35(49)40-28)20-22-8-4-3-5-9-22/h3-5,8-9,11-14,21,25-29,42H,6-7,10,15-20,36H2,1-2H3,(H,37,46)(H,38,45)(H,39,48)(H,40,49)(H,41,47)(H,43,44). The van der Waals surface area contributed by atoms with Crippen molar-refractivity contribution in [1.29, 1.82) is 0 Å². The van der Waals surface area contributed by atoms with Gasteiger partial charge in [0.25, 0.3) is 0 Å². The van der Waals surface area contributed by atoms with Gasteiger partial charge < -0.3 is 42.5 Å². The minimum atomic E-state index is -1.15. The van der Waals surface area contributed by atoms with Gasteiger partial charge in [0.15, 0.2) is 0 Å². The lowest BCUT2D eigenvalue weighted by atomic mass is 9.99. The van der Waals surface area contributed by atoms with Crippen LogP contribution < -0.4 is 32.3 Å². The molecule has 5 atom stereocenters. The van der Waals surface area contributed by atoms with E-state index < -0.39 is 65.7 Å². The summed E-state index contributed by atoms with van der Waals surface area (Å²) in [5, 5.41) is 32.4. The Morgan fingerprint density at radius 1 is 0.837 bits per heavy atom. The summed E-state index contributed by atoms with van der Waals surface area (Å²) in [6, 6.07) is 9.76. The molecule has 1 aliphatic rings. The van der Waals surface area contributed by atoms with Crippen LogP contribution in [0, 0.1) is 5.92 Å². The Kier molecular flexibility index (Phi) is 15.0. The van der Waals surface area contributed by atoms with Crippen molar-refractivity contribution in [3.05, 3.63) is 65.7 Å². The third-order valence-electron chi connectivity index (χ3n) is 8.12. The molecule has 1 aliphatic heterocycles. The highest BCUT2D eigenvalue weighted by molar-refractivity contribution is 5.96. The molecule has 0 radical (unpaired) electrons. The number of phenolic OH excluding ortho intramolecular Hbond substituents is 1. The van der Waals surface area contributed by atoms with Crippen molar-refractivity contribution in [2.75, 3.05) is 6.54 Å². The third kappa shape index (κ3) is 13.2. The zero-order valence-electron chi connectivity index (χ0n) is 27.9. The van der Waals surface area contributed by atoms with Gasteiger partial charge in [-0.15, -0.1) is 0 Å². The topological polar surface area (TPSA) is 229 Å². The first kappa shape index (κ1) is 38.5. The highest BCUT2D eigenvalue weighted by Gasteiger charge is 2.33. The number of carbonyl (C=O) groups is 6. The summed E-state index contributed by atoms with van der Waals surface area (Å²) in [4.78, 5) is 78.7. The Balaban J connectivity index is 1.90. The van der Waals surface area contributed by atoms with Crippen LogP contribution in [0.5, 0.6) is 5.75 Å². The summed E-state index contributed by atoms with van der Waals surface area (Å²) in [5.41, 5.74) is 7.64. The van der Waals surface area contributed by atoms with E-state index in [-0.39, 0.29) is 56.7 Å². The molecular weight excluding hydrogens is 632 g/mol. The number of aliphatic carboxylic acids is 1. The molecule has 266 valence electrons. The highest BCUT2D eigenvalue weighted by Crippen LogP contribution is 2.13. The van der Waals surface area contributed by atoms with Crippen molar-refractivity contribution in [3.8, 4) is 5.75 Å². The predicted molar refractivity (Wildman–Crippen MR) is 181 cm³/mol. The fraction of sp³-hybridized carbons (Fsp3) is 0.486. The Bertz CT molecular complexity index is 1440. The molecule has 14 nitrogen and oxygen atoms in total. The van der Waals surface area contributed by atoms with Gasteiger partial charge >= 0.3 is 5.97 Å². The second kappa shape index (κ2) is 19.1. The molecule has 0 saturated carbocycles. The second-order valence-corrected chi connectivity index (χ2v) is 12.8. The fourth-order valence-electron chi connectivity index (χ4n) is 5.45. The van der Waals surface area contributed by atoms with Crippen LogP contribution in [0.25, 0.3) is 0 Å². The zero-order chi connectivity index (χ0) is 35.9. The van der Waals surface area contributed by atoms with Crippen molar-refractivity contribution in [3.63, 3.8) is 0 Å². The highest BCUT2D eigenvalue weighted by atomic mass is 16.4. The van der Waals surface area contributed by atoms with Crippen LogP contribution in [0.4, 0.5) is 0 Å². The molecule has 1 fully saturated rings. The molecule has 0 aromatic heterocycles. The number of rotatable bonds is 11. The maximum absolute atomic E-state index is 13.8. The predicted octanol–water partition coefficient (Wildman–Crippen LogP) is 0.655. The molecule has 14 heteroatoms. The molecule has 3 rings (SSSR count). The van der Waals surface area contributed by atoms with E-state index >= 15 is 0 Å². The Morgan fingerprint density at radius 3 is 2.12 bits per heavy atom. The summed E-state index contributed by atoms with van der Waals surface area (Å²) in [7, 11) is 0. The van der Waals surface area contributed by atoms with Gasteiger partial charge in [-0.2, -0.15) is 0 Å². The van der Waals surface area contributed by atoms with Crippen LogP contribution in [-0.2, 0) is 41.6 Å². The fourth-order valence-corrected chi connectivity index (χ4v) is 5.45. The van der Waals surface area contributed by atoms with Crippen molar-refractivity contribution < 1.29 is 39.0 Å². The molecule has 0 spiro atoms. The van der Waals surface area contributed by atoms with E-state index in [1.165, 1.54) is 12.1 Å². The first-order valence-corrected chi connectivity index (χ1v) is 16.6. The number of amides is 5. The van der Waals surface area contributed by atoms with Gasteiger partial charge in [0, 0.05) is 19.4 Å². The van der Waals surface area contributed by atoms with E-state index in [9.17, 15) is 39.0 Å². The number of hydrogen-bond acceptors (Lipinski definition) is 8. The molecule has 2 aromatic carbocycles. The smallest absolute Gasteiger partial charge is 0.303 e. The van der Waals surface area contributed by atoms with Crippen molar-refractivity contribution in [1.82, 2.24) is 26.6 Å². The summed E-state index contributed by atoms with van der Waals surface area (Å²) in [6.07, 6.45) is 0.857. The van der Waals surface area contributed by atoms with E-state index in [1.54, 1.807) is 36.4 Å². The molecule has 0 bridgehead atoms. The number of hydrogen-bond donors (Lipinski definition) is 8. The van der Waals surface area contributed by atoms with Gasteiger partial charge in [-0.25, -0.2) is 0 Å². The minimum absolute atomic E-state index is 0.0551. The lowest BCUT2D eigenvalue weighted by molar-refractivity contribution is -0.138. The summed E-state index contributed by atoms with van der Waals surface area (Å²) < 4.78 is 0. The maximum Gasteiger partial charge on any atom is 0.303 e. The average molecular weight is 681 g/mol. The monoisotopic (exact) mass is 680 g/mol. The van der Waals surface area contributed by atoms with Crippen LogP contribution in [0.1, 0.15) is 63.5 Å². The Morgan fingerprint density at radius 2 is 1.47 bits per heavy atom. The molecule has 1 saturated heterocycles. The number of aromatic hydroxyl groups is 1. The van der Waals surface area contributed by atoms with Gasteiger partial charge in [-0.1, -0.05) is 56.3 Å². The largest absolute Gasteiger partial charge is 0.508 e. The minimum Gasteiger partial charge on any atom is -0.508 e. The summed E-state index contributed by atoms with van der Waals surface area (Å²) in [6.45, 7) is 3.88. The van der Waals surface area contributed by atoms with Crippen LogP contribution in [0.2, 0.25) is 0 Å². The van der Waals surface area contributed by atoms with Gasteiger partial charge in [0.2, 0.25) is 29.5 Å². The molecular formula is C35H48N6O8. The van der Waals surface area contributed by atoms with Crippen molar-refractivity contribution >= 4 is 35.5 Å². The van der Waals surface area contributed by atoms with Gasteiger partial charge in [0.05, 0.1) is 6.04 Å². The third-order valence-corrected chi connectivity index (χ3v) is 8.12. The average Bonchev–Trinajstić information content (AvgIpc) is 3.05. The van der Waals surface area contributed by atoms with Crippen molar-refractivity contribution in [2.24, 2.45) is 11.7 Å². The number of carbonyl (C=O) groups excluding carboxylic acids is 5. The van der Waals surface area contributed by atoms with Gasteiger partial charge in [-0.3, -0.25) is 28.8 Å². The molecule has 9 N–H and O–H groups in total. The number of phenols is 1. The lowest BCUT2D eigenvalue weighted by Crippen LogP contribution is -2.59. The quantitative estimate of drug-likeness (QED) is 0.166. The number of carboxylic acid groups (broad SMARTS) is 1. The first-order valence-electron chi connectivity index (χ1n) is 16.6. The molecule has 1 heterocycles. The molecule has 49 heavy (non-hydrogen) atoms. The summed E-state index contributed by atoms with van der Waals surface area (Å²) in [5.74, 6) is -4.19. The van der Waals surface area contributed by atoms with E-state index in [1.807, 2.05) is 19.9 Å². The number of carboxylic acids is 1. The number of benzene rings is 2. The summed E-state index contributed by atoms with van der Waals surface area (Å²) >= 11 is 0. The van der Waals surface area contributed by atoms with E-state index in [0.29, 0.717) is 18.4 Å². The molecule has 5 amide bonds. The van der Waals surface area contributed by atoms with E-state index in [4.69, 9.17) is 5.73 Å². The van der Waals surface area contributed by atoms with Crippen LogP contribution >= 0.6 is 0 Å². The SMILES string of the molecule is CC(C)CC1NC(=O)C(Cc2ccccc2)NC(=O)C(NC(=O)C(N)Cc2ccc(O)cc2)CCCCNC(=O)C(CCC(=O)O)NC1=O. The van der Waals surface area contributed by atoms with Gasteiger partial charge in [-0.05, 0) is 67.7 Å². The lowest BCUT2D eigenvalue weighted by Gasteiger charge is -2.28. The van der Waals surface area contributed by atoms with Crippen LogP contribution in [0.3, 0.4) is 0 Å². The van der Waals surface area contributed by atoms with Crippen LogP contribution in [0.15, 0.2) is 54.6 Å². The molecule has 5 unspecified atom stereocenters. The second-order valence-electron chi connectivity index (χ2n) is 12.8. The normalized spacial score (nSPS) is 21.9. The Hall–Kier alpha value is -4.98. The molecule has 2 aromatic rings. The van der Waals surface area contributed by atoms with Crippen molar-refractivity contribution in [2.45, 2.75) is 95.4 Å². The Labute approximate surface area is 286 Å².